The van der Waals surface area contributed by atoms with Gasteiger partial charge >= 0.3 is 0 Å². The monoisotopic (exact) mass is 266 g/mol. The van der Waals surface area contributed by atoms with Crippen molar-refractivity contribution in [2.75, 3.05) is 6.54 Å². The van der Waals surface area contributed by atoms with Crippen LogP contribution in [0.4, 0.5) is 0 Å². The van der Waals surface area contributed by atoms with Gasteiger partial charge in [-0.1, -0.05) is 25.1 Å². The summed E-state index contributed by atoms with van der Waals surface area (Å²) in [5.74, 6) is 0. The lowest BCUT2D eigenvalue weighted by Gasteiger charge is -2.27. The lowest BCUT2D eigenvalue weighted by Crippen LogP contribution is -2.38. The number of nitrogens with two attached hydrogens (primary N) is 1. The van der Waals surface area contributed by atoms with Crippen LogP contribution in [0.3, 0.4) is 0 Å². The standard InChI is InChI=1S/C13H22N4S/c1-2-17-9-11(7-15-17)8-16(10-13(14)18)12-5-3-4-6-12/h7,9,12H,2-6,8,10H2,1H3,(H2,14,18). The zero-order valence-corrected chi connectivity index (χ0v) is 11.8. The highest BCUT2D eigenvalue weighted by Gasteiger charge is 2.23. The summed E-state index contributed by atoms with van der Waals surface area (Å²) in [5.41, 5.74) is 6.96. The van der Waals surface area contributed by atoms with Gasteiger partial charge in [0.15, 0.2) is 0 Å². The number of hydrogen-bond acceptors (Lipinski definition) is 3. The van der Waals surface area contributed by atoms with E-state index in [1.165, 1.54) is 31.2 Å². The number of rotatable bonds is 6. The molecule has 1 aliphatic carbocycles. The van der Waals surface area contributed by atoms with E-state index in [0.29, 0.717) is 11.0 Å². The van der Waals surface area contributed by atoms with E-state index < -0.39 is 0 Å². The average molecular weight is 266 g/mol. The summed E-state index contributed by atoms with van der Waals surface area (Å²) in [4.78, 5) is 3.00. The number of thiocarbonyl (C=S) groups is 1. The van der Waals surface area contributed by atoms with Crippen molar-refractivity contribution in [1.82, 2.24) is 14.7 Å². The first-order valence-electron chi connectivity index (χ1n) is 6.72. The third-order valence-electron chi connectivity index (χ3n) is 3.60. The highest BCUT2D eigenvalue weighted by molar-refractivity contribution is 7.80. The maximum Gasteiger partial charge on any atom is 0.0870 e. The molecule has 0 atom stereocenters. The van der Waals surface area contributed by atoms with Gasteiger partial charge in [-0.3, -0.25) is 9.58 Å². The second-order valence-electron chi connectivity index (χ2n) is 5.01. The first-order chi connectivity index (χ1) is 8.69. The van der Waals surface area contributed by atoms with Crippen molar-refractivity contribution < 1.29 is 0 Å². The molecule has 0 amide bonds. The molecule has 4 nitrogen and oxygen atoms in total. The van der Waals surface area contributed by atoms with E-state index in [1.807, 2.05) is 10.9 Å². The van der Waals surface area contributed by atoms with Crippen molar-refractivity contribution in [3.8, 4) is 0 Å². The molecule has 1 heterocycles. The lowest BCUT2D eigenvalue weighted by molar-refractivity contribution is 0.219. The Morgan fingerprint density at radius 2 is 2.28 bits per heavy atom. The van der Waals surface area contributed by atoms with Crippen molar-refractivity contribution in [3.63, 3.8) is 0 Å². The van der Waals surface area contributed by atoms with Crippen LogP contribution in [0.5, 0.6) is 0 Å². The maximum absolute atomic E-state index is 5.71. The Kier molecular flexibility index (Phi) is 4.72. The van der Waals surface area contributed by atoms with Gasteiger partial charge < -0.3 is 5.73 Å². The molecular weight excluding hydrogens is 244 g/mol. The number of aryl methyl sites for hydroxylation is 1. The molecule has 0 radical (unpaired) electrons. The van der Waals surface area contributed by atoms with E-state index >= 15 is 0 Å². The van der Waals surface area contributed by atoms with E-state index in [2.05, 4.69) is 23.1 Å². The minimum absolute atomic E-state index is 0.588. The topological polar surface area (TPSA) is 47.1 Å². The zero-order valence-electron chi connectivity index (χ0n) is 11.0. The van der Waals surface area contributed by atoms with Crippen LogP contribution >= 0.6 is 12.2 Å². The molecule has 5 heteroatoms. The largest absolute Gasteiger partial charge is 0.392 e. The predicted molar refractivity (Wildman–Crippen MR) is 77.4 cm³/mol. The van der Waals surface area contributed by atoms with Gasteiger partial charge in [0.2, 0.25) is 0 Å². The molecule has 100 valence electrons. The molecule has 0 saturated heterocycles. The maximum atomic E-state index is 5.71. The van der Waals surface area contributed by atoms with E-state index in [1.54, 1.807) is 0 Å². The molecule has 2 rings (SSSR count). The molecule has 1 aromatic heterocycles. The highest BCUT2D eigenvalue weighted by atomic mass is 32.1. The quantitative estimate of drug-likeness (QED) is 0.799. The fourth-order valence-corrected chi connectivity index (χ4v) is 2.84. The molecule has 0 aliphatic heterocycles. The summed E-state index contributed by atoms with van der Waals surface area (Å²) < 4.78 is 1.96. The molecule has 0 aromatic carbocycles. The molecule has 0 unspecified atom stereocenters. The third kappa shape index (κ3) is 3.53. The van der Waals surface area contributed by atoms with Crippen LogP contribution in [-0.4, -0.2) is 32.3 Å². The van der Waals surface area contributed by atoms with Gasteiger partial charge in [0.25, 0.3) is 0 Å². The second kappa shape index (κ2) is 6.29. The second-order valence-corrected chi connectivity index (χ2v) is 5.54. The minimum atomic E-state index is 0.588. The first-order valence-corrected chi connectivity index (χ1v) is 7.13. The van der Waals surface area contributed by atoms with Gasteiger partial charge in [-0.15, -0.1) is 0 Å². The van der Waals surface area contributed by atoms with E-state index in [4.69, 9.17) is 18.0 Å². The summed E-state index contributed by atoms with van der Waals surface area (Å²) in [5, 5.41) is 4.32. The van der Waals surface area contributed by atoms with Gasteiger partial charge in [-0.2, -0.15) is 5.10 Å². The smallest absolute Gasteiger partial charge is 0.0870 e. The van der Waals surface area contributed by atoms with Crippen molar-refractivity contribution in [2.24, 2.45) is 5.73 Å². The summed E-state index contributed by atoms with van der Waals surface area (Å²) in [6.45, 7) is 4.64. The van der Waals surface area contributed by atoms with E-state index in [9.17, 15) is 0 Å². The zero-order chi connectivity index (χ0) is 13.0. The van der Waals surface area contributed by atoms with Crippen LogP contribution < -0.4 is 5.73 Å². The Morgan fingerprint density at radius 3 is 2.83 bits per heavy atom. The van der Waals surface area contributed by atoms with Crippen molar-refractivity contribution in [2.45, 2.75) is 51.7 Å². The van der Waals surface area contributed by atoms with E-state index in [0.717, 1.165) is 19.6 Å². The molecule has 1 aliphatic rings. The molecule has 0 spiro atoms. The summed E-state index contributed by atoms with van der Waals surface area (Å²) >= 11 is 5.07. The Bertz CT molecular complexity index is 395. The first kappa shape index (κ1) is 13.5. The number of nitrogens with zero attached hydrogens (tertiary/aromatic N) is 3. The minimum Gasteiger partial charge on any atom is -0.392 e. The number of hydrogen-bond donors (Lipinski definition) is 1. The van der Waals surface area contributed by atoms with Crippen LogP contribution in [0.25, 0.3) is 0 Å². The van der Waals surface area contributed by atoms with Crippen molar-refractivity contribution in [3.05, 3.63) is 18.0 Å². The highest BCUT2D eigenvalue weighted by Crippen LogP contribution is 2.24. The summed E-state index contributed by atoms with van der Waals surface area (Å²) in [7, 11) is 0. The fourth-order valence-electron chi connectivity index (χ4n) is 2.68. The summed E-state index contributed by atoms with van der Waals surface area (Å²) in [6, 6.07) is 0.636. The van der Waals surface area contributed by atoms with Crippen LogP contribution in [0.15, 0.2) is 12.4 Å². The molecule has 18 heavy (non-hydrogen) atoms. The molecule has 1 saturated carbocycles. The van der Waals surface area contributed by atoms with Gasteiger partial charge in [0, 0.05) is 37.4 Å². The van der Waals surface area contributed by atoms with Gasteiger partial charge in [-0.25, -0.2) is 0 Å². The Morgan fingerprint density at radius 1 is 1.56 bits per heavy atom. The summed E-state index contributed by atoms with van der Waals surface area (Å²) in [6.07, 6.45) is 9.25. The number of aromatic nitrogens is 2. The molecule has 2 N–H and O–H groups in total. The van der Waals surface area contributed by atoms with Crippen LogP contribution in [-0.2, 0) is 13.1 Å². The Labute approximate surface area is 114 Å². The van der Waals surface area contributed by atoms with Gasteiger partial charge in [0.1, 0.15) is 0 Å². The predicted octanol–water partition coefficient (Wildman–Crippen LogP) is 1.93. The Balaban J connectivity index is 2.01. The Hall–Kier alpha value is -0.940. The SMILES string of the molecule is CCn1cc(CN(CC(N)=S)C2CCCC2)cn1. The molecule has 0 bridgehead atoms. The van der Waals surface area contributed by atoms with Crippen LogP contribution in [0.1, 0.15) is 38.2 Å². The fraction of sp³-hybridized carbons (Fsp3) is 0.692. The third-order valence-corrected chi connectivity index (χ3v) is 3.73. The average Bonchev–Trinajstić information content (AvgIpc) is 2.98. The van der Waals surface area contributed by atoms with Gasteiger partial charge in [-0.05, 0) is 19.8 Å². The van der Waals surface area contributed by atoms with Crippen LogP contribution in [0, 0.1) is 0 Å². The van der Waals surface area contributed by atoms with Crippen molar-refractivity contribution in [1.29, 1.82) is 0 Å². The van der Waals surface area contributed by atoms with Crippen LogP contribution in [0.2, 0.25) is 0 Å². The van der Waals surface area contributed by atoms with E-state index in [-0.39, 0.29) is 0 Å². The normalized spacial score (nSPS) is 16.6. The van der Waals surface area contributed by atoms with Crippen molar-refractivity contribution >= 4 is 17.2 Å². The van der Waals surface area contributed by atoms with Gasteiger partial charge in [0.05, 0.1) is 11.2 Å². The lowest BCUT2D eigenvalue weighted by atomic mass is 10.2. The molecule has 1 fully saturated rings. The molecule has 1 aromatic rings. The molecular formula is C13H22N4S.